The van der Waals surface area contributed by atoms with E-state index in [0.29, 0.717) is 0 Å². The van der Waals surface area contributed by atoms with E-state index in [1.807, 2.05) is 0 Å². The van der Waals surface area contributed by atoms with Crippen LogP contribution in [0.1, 0.15) is 0 Å². The van der Waals surface area contributed by atoms with E-state index in [0.717, 1.165) is 0 Å². The van der Waals surface area contributed by atoms with Crippen molar-refractivity contribution in [1.82, 2.24) is 0 Å². The molecule has 0 atom stereocenters. The Hall–Kier alpha value is 2.40. The molecule has 0 aliphatic carbocycles. The fourth-order valence-electron chi connectivity index (χ4n) is 0. The predicted octanol–water partition coefficient (Wildman–Crippen LogP) is 0.262. The van der Waals surface area contributed by atoms with Crippen LogP contribution in [0.4, 0.5) is 0 Å². The van der Waals surface area contributed by atoms with Crippen LogP contribution in [-0.2, 0) is 49.7 Å². The third-order valence-electron chi connectivity index (χ3n) is 0. The molecule has 0 heterocycles. The molecule has 0 saturated heterocycles. The minimum Gasteiger partial charge on any atom is 0 e. The van der Waals surface area contributed by atoms with E-state index < -0.39 is 0 Å². The Kier molecular flexibility index (Phi) is 73.2. The molecule has 0 bridgehead atoms. The van der Waals surface area contributed by atoms with Crippen molar-refractivity contribution in [1.29, 1.82) is 0 Å². The van der Waals surface area contributed by atoms with Crippen molar-refractivity contribution in [3.8, 4) is 0 Å². The van der Waals surface area contributed by atoms with Gasteiger partial charge in [0.25, 0.3) is 0 Å². The van der Waals surface area contributed by atoms with Crippen LogP contribution in [0.15, 0.2) is 0 Å². The van der Waals surface area contributed by atoms with Gasteiger partial charge in [-0.05, 0) is 0 Å². The third-order valence-corrected chi connectivity index (χ3v) is 0. The van der Waals surface area contributed by atoms with Gasteiger partial charge in [0, 0.05) is 49.7 Å². The second kappa shape index (κ2) is 18.1. The van der Waals surface area contributed by atoms with Crippen molar-refractivity contribution in [2.24, 2.45) is 0 Å². The van der Waals surface area contributed by atoms with E-state index in [4.69, 9.17) is 0 Å². The Morgan fingerprint density at radius 3 is 1.25 bits per heavy atom. The molecule has 0 aliphatic heterocycles. The normalized spacial score (nSPS) is 1.00. The predicted molar refractivity (Wildman–Crippen MR) is 13.3 cm³/mol. The average Bonchev–Trinajstić information content (AvgIpc) is 1.00. The van der Waals surface area contributed by atoms with E-state index in [1.54, 1.807) is 0 Å². The van der Waals surface area contributed by atoms with Crippen molar-refractivity contribution in [3.63, 3.8) is 0 Å². The molecule has 0 nitrogen and oxygen atoms in total. The summed E-state index contributed by atoms with van der Waals surface area (Å²) in [5.74, 6) is 0. The van der Waals surface area contributed by atoms with Gasteiger partial charge in [0.05, 0.1) is 0 Å². The third kappa shape index (κ3) is 8.83. The van der Waals surface area contributed by atoms with E-state index in [9.17, 15) is 0 Å². The number of rotatable bonds is 0. The molecule has 0 unspecified atom stereocenters. The molecule has 0 spiro atoms. The summed E-state index contributed by atoms with van der Waals surface area (Å²) < 4.78 is 0. The van der Waals surface area contributed by atoms with Crippen LogP contribution in [-0.4, -0.2) is 14.4 Å². The van der Waals surface area contributed by atoms with Gasteiger partial charge in [0.1, 0.15) is 0 Å². The first-order valence-electron chi connectivity index (χ1n) is 0.167. The van der Waals surface area contributed by atoms with Crippen LogP contribution in [0.25, 0.3) is 0 Å². The van der Waals surface area contributed by atoms with Crippen LogP contribution < -0.4 is 0 Å². The van der Waals surface area contributed by atoms with Crippen LogP contribution in [0.5, 0.6) is 0 Å². The summed E-state index contributed by atoms with van der Waals surface area (Å²) >= 11 is 2.21. The molecule has 0 aromatic heterocycles. The van der Waals surface area contributed by atoms with Crippen molar-refractivity contribution in [2.45, 2.75) is 0 Å². The van der Waals surface area contributed by atoms with E-state index in [-0.39, 0.29) is 49.7 Å². The SMILES string of the molecule is S=[Se].[Ag].[Cd]. The smallest absolute Gasteiger partial charge is 0 e. The van der Waals surface area contributed by atoms with E-state index >= 15 is 0 Å². The summed E-state index contributed by atoms with van der Waals surface area (Å²) in [6, 6.07) is 0. The van der Waals surface area contributed by atoms with Crippen molar-refractivity contribution < 1.29 is 49.7 Å². The minimum absolute atomic E-state index is 0. The fourth-order valence-corrected chi connectivity index (χ4v) is 0. The molecular formula is AgCdSSe. The van der Waals surface area contributed by atoms with Gasteiger partial charge in [-0.3, -0.25) is 0 Å². The zero-order valence-electron chi connectivity index (χ0n) is 1.83. The molecular weight excluding hydrogens is 331 g/mol. The Bertz CT molecular complexity index is 8.00. The Labute approximate surface area is 73.4 Å². The molecule has 4 heteroatoms. The average molecular weight is 331 g/mol. The Balaban J connectivity index is -0.00000000500. The molecule has 4 heavy (non-hydrogen) atoms. The van der Waals surface area contributed by atoms with Crippen LogP contribution in [0.3, 0.4) is 0 Å². The summed E-state index contributed by atoms with van der Waals surface area (Å²) in [6.07, 6.45) is 0. The van der Waals surface area contributed by atoms with Crippen LogP contribution in [0, 0.1) is 0 Å². The van der Waals surface area contributed by atoms with Gasteiger partial charge >= 0.3 is 24.9 Å². The van der Waals surface area contributed by atoms with E-state index in [1.165, 1.54) is 0 Å². The second-order valence-electron chi connectivity index (χ2n) is 0. The standard InChI is InChI=1S/Ag.Cd.SSe/c;;1-2. The molecule has 1 radical (unpaired) electrons. The van der Waals surface area contributed by atoms with Gasteiger partial charge < -0.3 is 0 Å². The van der Waals surface area contributed by atoms with Gasteiger partial charge in [0.15, 0.2) is 0 Å². The first kappa shape index (κ1) is 16.1. The molecule has 0 aromatic carbocycles. The quantitative estimate of drug-likeness (QED) is 0.574. The maximum absolute atomic E-state index is 3.96. The summed E-state index contributed by atoms with van der Waals surface area (Å²) in [4.78, 5) is 0. The Morgan fingerprint density at radius 2 is 1.25 bits per heavy atom. The number of hydrogen-bond donors (Lipinski definition) is 0. The molecule has 0 N–H and O–H groups in total. The molecule has 0 aromatic rings. The van der Waals surface area contributed by atoms with Gasteiger partial charge in [-0.25, -0.2) is 0 Å². The van der Waals surface area contributed by atoms with Crippen molar-refractivity contribution in [3.05, 3.63) is 0 Å². The van der Waals surface area contributed by atoms with E-state index in [2.05, 4.69) is 24.9 Å². The molecule has 0 fully saturated rings. The van der Waals surface area contributed by atoms with Crippen LogP contribution in [0.2, 0.25) is 0 Å². The van der Waals surface area contributed by atoms with Gasteiger partial charge in [-0.1, -0.05) is 0 Å². The van der Waals surface area contributed by atoms with Gasteiger partial charge in [-0.2, -0.15) is 0 Å². The monoisotopic (exact) mass is 333 g/mol. The maximum Gasteiger partial charge on any atom is 0 e. The summed E-state index contributed by atoms with van der Waals surface area (Å²) in [7, 11) is 3.96. The van der Waals surface area contributed by atoms with Crippen LogP contribution >= 0.6 is 10.6 Å². The van der Waals surface area contributed by atoms with Crippen molar-refractivity contribution >= 4 is 24.9 Å². The first-order valence-corrected chi connectivity index (χ1v) is 2.60. The zero-order valence-corrected chi connectivity index (χ0v) is 9.87. The zero-order chi connectivity index (χ0) is 2.00. The van der Waals surface area contributed by atoms with Crippen molar-refractivity contribution in [2.75, 3.05) is 0 Å². The summed E-state index contributed by atoms with van der Waals surface area (Å²) in [5.41, 5.74) is 0. The molecule has 0 aliphatic rings. The molecule has 25 valence electrons. The van der Waals surface area contributed by atoms with Gasteiger partial charge in [0.2, 0.25) is 0 Å². The molecule has 0 saturated carbocycles. The Morgan fingerprint density at radius 1 is 1.25 bits per heavy atom. The minimum atomic E-state index is 0. The largest absolute Gasteiger partial charge is 0 e. The summed E-state index contributed by atoms with van der Waals surface area (Å²) in [6.45, 7) is 0. The number of hydrogen-bond acceptors (Lipinski definition) is 1. The molecule has 0 amide bonds. The molecule has 0 rings (SSSR count). The maximum atomic E-state index is 3.96. The first-order chi connectivity index (χ1) is 1.00. The summed E-state index contributed by atoms with van der Waals surface area (Å²) in [5, 5.41) is 0. The second-order valence-corrected chi connectivity index (χ2v) is 0. The fraction of sp³-hybridized carbons (Fsp3) is 0. The topological polar surface area (TPSA) is 0 Å². The van der Waals surface area contributed by atoms with Gasteiger partial charge in [-0.15, -0.1) is 0 Å².